The van der Waals surface area contributed by atoms with Crippen molar-refractivity contribution < 1.29 is 18.0 Å². The average Bonchev–Trinajstić information content (AvgIpc) is 3.22. The van der Waals surface area contributed by atoms with Gasteiger partial charge in [-0.15, -0.1) is 0 Å². The third-order valence-corrected chi connectivity index (χ3v) is 4.36. The van der Waals surface area contributed by atoms with Crippen molar-refractivity contribution in [2.24, 2.45) is 5.92 Å². The molecule has 23 heavy (non-hydrogen) atoms. The Morgan fingerprint density at radius 3 is 2.83 bits per heavy atom. The van der Waals surface area contributed by atoms with E-state index < -0.39 is 12.7 Å². The minimum absolute atomic E-state index is 0.00606. The van der Waals surface area contributed by atoms with Gasteiger partial charge in [0, 0.05) is 16.9 Å². The van der Waals surface area contributed by atoms with Gasteiger partial charge in [-0.3, -0.25) is 9.69 Å². The van der Waals surface area contributed by atoms with Gasteiger partial charge in [-0.1, -0.05) is 28.1 Å². The number of nitrogens with zero attached hydrogens (tertiary/aromatic N) is 1. The lowest BCUT2D eigenvalue weighted by Gasteiger charge is -2.18. The van der Waals surface area contributed by atoms with E-state index in [4.69, 9.17) is 0 Å². The van der Waals surface area contributed by atoms with Crippen LogP contribution in [0.2, 0.25) is 0 Å². The third-order valence-electron chi connectivity index (χ3n) is 3.87. The van der Waals surface area contributed by atoms with E-state index in [1.807, 2.05) is 24.3 Å². The zero-order valence-electron chi connectivity index (χ0n) is 12.9. The number of carbonyl (C=O) groups excluding carboxylic acids is 1. The minimum atomic E-state index is -4.18. The lowest BCUT2D eigenvalue weighted by atomic mass is 10.1. The maximum Gasteiger partial charge on any atom is 0.401 e. The number of benzene rings is 1. The Kier molecular flexibility index (Phi) is 6.08. The van der Waals surface area contributed by atoms with Gasteiger partial charge in [-0.05, 0) is 50.0 Å². The number of hydrogen-bond donors (Lipinski definition) is 1. The zero-order chi connectivity index (χ0) is 17.0. The summed E-state index contributed by atoms with van der Waals surface area (Å²) in [4.78, 5) is 13.2. The molecule has 1 amide bonds. The van der Waals surface area contributed by atoms with Gasteiger partial charge in [-0.25, -0.2) is 0 Å². The summed E-state index contributed by atoms with van der Waals surface area (Å²) in [6, 6.07) is 7.92. The van der Waals surface area contributed by atoms with E-state index in [-0.39, 0.29) is 17.7 Å². The molecule has 1 aliphatic rings. The molecule has 0 heterocycles. The quantitative estimate of drug-likeness (QED) is 0.719. The van der Waals surface area contributed by atoms with Gasteiger partial charge in [0.2, 0.25) is 5.91 Å². The number of nitrogens with one attached hydrogen (secondary N) is 1. The lowest BCUT2D eigenvalue weighted by molar-refractivity contribution is -0.143. The van der Waals surface area contributed by atoms with Crippen molar-refractivity contribution >= 4 is 21.8 Å². The molecule has 1 saturated carbocycles. The summed E-state index contributed by atoms with van der Waals surface area (Å²) in [7, 11) is 1.43. The van der Waals surface area contributed by atoms with E-state index in [2.05, 4.69) is 21.2 Å². The molecule has 2 atom stereocenters. The molecule has 0 saturated heterocycles. The second-order valence-corrected chi connectivity index (χ2v) is 6.92. The van der Waals surface area contributed by atoms with Gasteiger partial charge in [0.15, 0.2) is 0 Å². The molecule has 3 nitrogen and oxygen atoms in total. The van der Waals surface area contributed by atoms with Crippen LogP contribution < -0.4 is 5.32 Å². The summed E-state index contributed by atoms with van der Waals surface area (Å²) in [5.74, 6) is 0.228. The Hall–Kier alpha value is -1.08. The predicted octanol–water partition coefficient (Wildman–Crippen LogP) is 3.55. The van der Waals surface area contributed by atoms with Crippen molar-refractivity contribution in [1.29, 1.82) is 0 Å². The van der Waals surface area contributed by atoms with Gasteiger partial charge in [0.05, 0.1) is 6.54 Å². The first kappa shape index (κ1) is 18.3. The van der Waals surface area contributed by atoms with Crippen LogP contribution in [-0.2, 0) is 4.79 Å². The van der Waals surface area contributed by atoms with Crippen LogP contribution in [0, 0.1) is 5.92 Å². The predicted molar refractivity (Wildman–Crippen MR) is 86.2 cm³/mol. The van der Waals surface area contributed by atoms with Crippen LogP contribution in [0.3, 0.4) is 0 Å². The molecule has 1 N–H and O–H groups in total. The molecular formula is C16H20BrF3N2O. The molecule has 7 heteroatoms. The largest absolute Gasteiger partial charge is 0.401 e. The smallest absolute Gasteiger partial charge is 0.356 e. The van der Waals surface area contributed by atoms with Crippen molar-refractivity contribution in [3.63, 3.8) is 0 Å². The van der Waals surface area contributed by atoms with E-state index in [9.17, 15) is 18.0 Å². The highest BCUT2D eigenvalue weighted by atomic mass is 79.9. The zero-order valence-corrected chi connectivity index (χ0v) is 14.5. The highest BCUT2D eigenvalue weighted by Gasteiger charge is 2.43. The van der Waals surface area contributed by atoms with Crippen molar-refractivity contribution in [1.82, 2.24) is 10.2 Å². The average molecular weight is 393 g/mol. The fraction of sp³-hybridized carbons (Fsp3) is 0.562. The standard InChI is InChI=1S/C16H20BrF3N2O/c1-22(10-16(18,19)20)7-3-6-21-15(23)14-9-13(14)11-4-2-5-12(17)8-11/h2,4-5,8,13-14H,3,6-7,9-10H2,1H3,(H,21,23). The topological polar surface area (TPSA) is 32.3 Å². The van der Waals surface area contributed by atoms with Crippen LogP contribution in [0.25, 0.3) is 0 Å². The number of halogens is 4. The molecule has 0 bridgehead atoms. The highest BCUT2D eigenvalue weighted by molar-refractivity contribution is 9.10. The van der Waals surface area contributed by atoms with Gasteiger partial charge in [0.1, 0.15) is 0 Å². The monoisotopic (exact) mass is 392 g/mol. The second-order valence-electron chi connectivity index (χ2n) is 6.00. The maximum absolute atomic E-state index is 12.2. The molecule has 1 aromatic rings. The molecule has 128 valence electrons. The van der Waals surface area contributed by atoms with E-state index in [0.717, 1.165) is 16.5 Å². The van der Waals surface area contributed by atoms with Gasteiger partial charge < -0.3 is 5.32 Å². The van der Waals surface area contributed by atoms with E-state index in [1.165, 1.54) is 11.9 Å². The molecule has 2 rings (SSSR count). The van der Waals surface area contributed by atoms with Gasteiger partial charge in [-0.2, -0.15) is 13.2 Å². The SMILES string of the molecule is CN(CCCNC(=O)C1CC1c1cccc(Br)c1)CC(F)(F)F. The second kappa shape index (κ2) is 7.66. The first-order chi connectivity index (χ1) is 10.8. The number of rotatable bonds is 7. The Balaban J connectivity index is 1.65. The molecular weight excluding hydrogens is 373 g/mol. The van der Waals surface area contributed by atoms with Gasteiger partial charge >= 0.3 is 6.18 Å². The van der Waals surface area contributed by atoms with Crippen LogP contribution in [0.15, 0.2) is 28.7 Å². The Morgan fingerprint density at radius 2 is 2.17 bits per heavy atom. The van der Waals surface area contributed by atoms with E-state index >= 15 is 0 Å². The van der Waals surface area contributed by atoms with Crippen LogP contribution in [0.5, 0.6) is 0 Å². The molecule has 1 fully saturated rings. The third kappa shape index (κ3) is 6.14. The Bertz CT molecular complexity index is 550. The van der Waals surface area contributed by atoms with Crippen molar-refractivity contribution in [3.05, 3.63) is 34.3 Å². The summed E-state index contributed by atoms with van der Waals surface area (Å²) in [5.41, 5.74) is 1.14. The minimum Gasteiger partial charge on any atom is -0.356 e. The molecule has 1 aliphatic carbocycles. The van der Waals surface area contributed by atoms with Crippen molar-refractivity contribution in [2.75, 3.05) is 26.7 Å². The summed E-state index contributed by atoms with van der Waals surface area (Å²) in [5, 5.41) is 2.82. The van der Waals surface area contributed by atoms with E-state index in [1.54, 1.807) is 0 Å². The number of alkyl halides is 3. The highest BCUT2D eigenvalue weighted by Crippen LogP contribution is 2.47. The summed E-state index contributed by atoms with van der Waals surface area (Å²) in [6.07, 6.45) is -2.84. The van der Waals surface area contributed by atoms with Crippen LogP contribution in [0.4, 0.5) is 13.2 Å². The summed E-state index contributed by atoms with van der Waals surface area (Å²) >= 11 is 3.42. The van der Waals surface area contributed by atoms with Gasteiger partial charge in [0.25, 0.3) is 0 Å². The van der Waals surface area contributed by atoms with Crippen molar-refractivity contribution in [3.8, 4) is 0 Å². The number of amides is 1. The van der Waals surface area contributed by atoms with Crippen LogP contribution in [-0.4, -0.2) is 43.7 Å². The van der Waals surface area contributed by atoms with Crippen LogP contribution >= 0.6 is 15.9 Å². The summed E-state index contributed by atoms with van der Waals surface area (Å²) < 4.78 is 37.5. The molecule has 2 unspecified atom stereocenters. The first-order valence-corrected chi connectivity index (χ1v) is 8.34. The number of hydrogen-bond acceptors (Lipinski definition) is 2. The Labute approximate surface area is 142 Å². The normalized spacial score (nSPS) is 20.6. The fourth-order valence-corrected chi connectivity index (χ4v) is 3.08. The van der Waals surface area contributed by atoms with Crippen LogP contribution in [0.1, 0.15) is 24.3 Å². The molecule has 0 aromatic heterocycles. The summed E-state index contributed by atoms with van der Waals surface area (Å²) in [6.45, 7) is -0.212. The van der Waals surface area contributed by atoms with Crippen molar-refractivity contribution in [2.45, 2.75) is 24.9 Å². The molecule has 0 spiro atoms. The fourth-order valence-electron chi connectivity index (χ4n) is 2.67. The Morgan fingerprint density at radius 1 is 1.43 bits per heavy atom. The first-order valence-electron chi connectivity index (χ1n) is 7.55. The molecule has 0 radical (unpaired) electrons. The lowest BCUT2D eigenvalue weighted by Crippen LogP contribution is -2.34. The van der Waals surface area contributed by atoms with E-state index in [0.29, 0.717) is 19.5 Å². The number of carbonyl (C=O) groups is 1. The molecule has 1 aromatic carbocycles. The maximum atomic E-state index is 12.2. The molecule has 0 aliphatic heterocycles.